The fraction of sp³-hybridized carbons (Fsp3) is 0.800. The fourth-order valence-corrected chi connectivity index (χ4v) is 0.102. The second-order valence-electron chi connectivity index (χ2n) is 1.77. The molecule has 0 aliphatic carbocycles. The van der Waals surface area contributed by atoms with Crippen LogP contribution in [0, 0.1) is 12.3 Å². The van der Waals surface area contributed by atoms with Gasteiger partial charge in [0.1, 0.15) is 5.60 Å². The molecular weight excluding hydrogens is 136 g/mol. The third kappa shape index (κ3) is 17.7. The number of hydrogen-bond donors (Lipinski definition) is 1. The molecule has 0 fully saturated rings. The quantitative estimate of drug-likeness (QED) is 0.586. The van der Waals surface area contributed by atoms with Crippen LogP contribution in [-0.2, 0) is 0 Å². The maximum atomic E-state index is 8.90. The molecule has 0 saturated heterocycles. The Kier molecular flexibility index (Phi) is 34.8. The molecule has 1 N–H and O–H groups in total. The lowest BCUT2D eigenvalue weighted by Gasteiger charge is -2.10. The van der Waals surface area contributed by atoms with Crippen LogP contribution in [0.25, 0.3) is 0 Å². The van der Waals surface area contributed by atoms with Gasteiger partial charge in [0.25, 0.3) is 0 Å². The summed E-state index contributed by atoms with van der Waals surface area (Å²) in [6, 6.07) is 0. The van der Waals surface area contributed by atoms with Crippen LogP contribution in [0.1, 0.15) is 50.0 Å². The van der Waals surface area contributed by atoms with Gasteiger partial charge in [-0.15, -0.1) is 6.42 Å². The van der Waals surface area contributed by atoms with E-state index in [1.807, 2.05) is 6.92 Å². The van der Waals surface area contributed by atoms with E-state index in [4.69, 9.17) is 11.5 Å². The lowest BCUT2D eigenvalue weighted by Crippen LogP contribution is -2.18. The maximum Gasteiger partial charge on any atom is 0.122 e. The fourth-order valence-electron chi connectivity index (χ4n) is 0.102. The van der Waals surface area contributed by atoms with E-state index < -0.39 is 5.60 Å². The van der Waals surface area contributed by atoms with Crippen LogP contribution in [-0.4, -0.2) is 10.7 Å². The Morgan fingerprint density at radius 1 is 1.27 bits per heavy atom. The first kappa shape index (κ1) is 31.3. The molecule has 1 unspecified atom stereocenters. The molecule has 0 aliphatic rings. The van der Waals surface area contributed by atoms with Gasteiger partial charge in [-0.25, -0.2) is 0 Å². The molecule has 0 aromatic heterocycles. The van der Waals surface area contributed by atoms with Gasteiger partial charge in [0, 0.05) is 0 Å². The smallest absolute Gasteiger partial charge is 0.122 e. The number of hydrogen-bond acceptors (Lipinski definition) is 1. The number of aliphatic hydroxyl groups is 1. The predicted molar refractivity (Wildman–Crippen MR) is 56.7 cm³/mol. The monoisotopic (exact) mass is 162 g/mol. The van der Waals surface area contributed by atoms with E-state index in [0.29, 0.717) is 6.42 Å². The van der Waals surface area contributed by atoms with Crippen molar-refractivity contribution in [3.63, 3.8) is 0 Å². The summed E-state index contributed by atoms with van der Waals surface area (Å²) >= 11 is 0. The van der Waals surface area contributed by atoms with E-state index in [-0.39, 0.29) is 29.7 Å². The Morgan fingerprint density at radius 3 is 1.55 bits per heavy atom. The van der Waals surface area contributed by atoms with Gasteiger partial charge < -0.3 is 5.11 Å². The van der Waals surface area contributed by atoms with Gasteiger partial charge in [0.05, 0.1) is 0 Å². The first-order valence-corrected chi connectivity index (χ1v) is 2.32. The standard InChI is InChI=1S/C6H10O.4CH4/c1-4-6(3,7)5-2;;;;/h1,7H,5H2,2-3H3;4*1H4. The highest BCUT2D eigenvalue weighted by molar-refractivity contribution is 5.03. The van der Waals surface area contributed by atoms with Crippen molar-refractivity contribution in [3.05, 3.63) is 0 Å². The topological polar surface area (TPSA) is 20.2 Å². The van der Waals surface area contributed by atoms with Gasteiger partial charge in [0.15, 0.2) is 0 Å². The first-order valence-electron chi connectivity index (χ1n) is 2.32. The molecule has 1 heteroatoms. The zero-order valence-electron chi connectivity index (χ0n) is 4.73. The molecule has 0 saturated carbocycles. The minimum absolute atomic E-state index is 0. The molecule has 0 bridgehead atoms. The SMILES string of the molecule is C.C.C.C.C#CC(C)(O)CC. The molecule has 0 radical (unpaired) electrons. The summed E-state index contributed by atoms with van der Waals surface area (Å²) in [6.45, 7) is 3.47. The average Bonchev–Trinajstić information content (AvgIpc) is 1.68. The van der Waals surface area contributed by atoms with Crippen molar-refractivity contribution in [2.75, 3.05) is 0 Å². The minimum Gasteiger partial charge on any atom is -0.378 e. The third-order valence-corrected chi connectivity index (χ3v) is 0.999. The van der Waals surface area contributed by atoms with Crippen molar-refractivity contribution in [2.24, 2.45) is 0 Å². The van der Waals surface area contributed by atoms with Crippen LogP contribution in [0.2, 0.25) is 0 Å². The van der Waals surface area contributed by atoms with Gasteiger partial charge in [-0.1, -0.05) is 42.6 Å². The normalized spacial score (nSPS) is 11.1. The zero-order valence-corrected chi connectivity index (χ0v) is 4.73. The maximum absolute atomic E-state index is 8.90. The van der Waals surface area contributed by atoms with Gasteiger partial charge in [-0.3, -0.25) is 0 Å². The summed E-state index contributed by atoms with van der Waals surface area (Å²) in [6.07, 6.45) is 5.53. The Bertz CT molecular complexity index is 87.5. The van der Waals surface area contributed by atoms with Crippen LogP contribution >= 0.6 is 0 Å². The van der Waals surface area contributed by atoms with Gasteiger partial charge in [-0.05, 0) is 13.3 Å². The van der Waals surface area contributed by atoms with Crippen molar-refractivity contribution < 1.29 is 5.11 Å². The predicted octanol–water partition coefficient (Wildman–Crippen LogP) is 3.33. The molecule has 11 heavy (non-hydrogen) atoms. The summed E-state index contributed by atoms with van der Waals surface area (Å²) in [5.41, 5.74) is -0.889. The van der Waals surface area contributed by atoms with Crippen LogP contribution in [0.5, 0.6) is 0 Å². The molecule has 0 amide bonds. The summed E-state index contributed by atoms with van der Waals surface area (Å²) in [4.78, 5) is 0. The molecule has 1 nitrogen and oxygen atoms in total. The van der Waals surface area contributed by atoms with E-state index in [2.05, 4.69) is 5.92 Å². The van der Waals surface area contributed by atoms with Gasteiger partial charge >= 0.3 is 0 Å². The molecular formula is C10H26O. The van der Waals surface area contributed by atoms with Crippen molar-refractivity contribution in [1.29, 1.82) is 0 Å². The molecule has 72 valence electrons. The van der Waals surface area contributed by atoms with Crippen molar-refractivity contribution in [2.45, 2.75) is 55.6 Å². The van der Waals surface area contributed by atoms with Crippen LogP contribution < -0.4 is 0 Å². The Hall–Kier alpha value is -0.480. The molecule has 0 spiro atoms. The molecule has 0 aliphatic heterocycles. The first-order chi connectivity index (χ1) is 3.12. The molecule has 1 atom stereocenters. The molecule has 0 aromatic rings. The van der Waals surface area contributed by atoms with Crippen molar-refractivity contribution in [3.8, 4) is 12.3 Å². The summed E-state index contributed by atoms with van der Waals surface area (Å²) < 4.78 is 0. The van der Waals surface area contributed by atoms with E-state index in [9.17, 15) is 0 Å². The van der Waals surface area contributed by atoms with E-state index in [1.165, 1.54) is 0 Å². The largest absolute Gasteiger partial charge is 0.378 e. The van der Waals surface area contributed by atoms with Crippen LogP contribution in [0.3, 0.4) is 0 Å². The second-order valence-corrected chi connectivity index (χ2v) is 1.77. The number of terminal acetylenes is 1. The van der Waals surface area contributed by atoms with Crippen molar-refractivity contribution in [1.82, 2.24) is 0 Å². The van der Waals surface area contributed by atoms with Gasteiger partial charge in [0.2, 0.25) is 0 Å². The molecule has 0 heterocycles. The Balaban J connectivity index is -0.0000000300. The van der Waals surface area contributed by atoms with Crippen LogP contribution in [0.15, 0.2) is 0 Å². The van der Waals surface area contributed by atoms with E-state index in [0.717, 1.165) is 0 Å². The summed E-state index contributed by atoms with van der Waals surface area (Å²) in [5.74, 6) is 2.25. The zero-order chi connectivity index (χ0) is 5.91. The highest BCUT2D eigenvalue weighted by atomic mass is 16.3. The lowest BCUT2D eigenvalue weighted by molar-refractivity contribution is 0.118. The van der Waals surface area contributed by atoms with E-state index in [1.54, 1.807) is 6.92 Å². The Morgan fingerprint density at radius 2 is 1.55 bits per heavy atom. The van der Waals surface area contributed by atoms with Gasteiger partial charge in [-0.2, -0.15) is 0 Å². The Labute approximate surface area is 73.8 Å². The molecule has 0 rings (SSSR count). The second kappa shape index (κ2) is 12.2. The lowest BCUT2D eigenvalue weighted by atomic mass is 10.1. The third-order valence-electron chi connectivity index (χ3n) is 0.999. The van der Waals surface area contributed by atoms with Crippen LogP contribution in [0.4, 0.5) is 0 Å². The van der Waals surface area contributed by atoms with E-state index >= 15 is 0 Å². The summed E-state index contributed by atoms with van der Waals surface area (Å²) in [5, 5.41) is 8.90. The molecule has 0 aromatic carbocycles. The minimum atomic E-state index is -0.889. The average molecular weight is 162 g/mol. The highest BCUT2D eigenvalue weighted by Crippen LogP contribution is 2.03. The number of rotatable bonds is 1. The summed E-state index contributed by atoms with van der Waals surface area (Å²) in [7, 11) is 0. The van der Waals surface area contributed by atoms with Crippen molar-refractivity contribution >= 4 is 0 Å². The highest BCUT2D eigenvalue weighted by Gasteiger charge is 2.10.